The van der Waals surface area contributed by atoms with Gasteiger partial charge in [0.15, 0.2) is 0 Å². The van der Waals surface area contributed by atoms with E-state index >= 15 is 0 Å². The first-order valence-electron chi connectivity index (χ1n) is 8.72. The highest BCUT2D eigenvalue weighted by atomic mass is 16.5. The lowest BCUT2D eigenvalue weighted by molar-refractivity contribution is -0.117. The molecule has 2 aromatic rings. The van der Waals surface area contributed by atoms with Crippen molar-refractivity contribution < 1.29 is 9.32 Å². The van der Waals surface area contributed by atoms with Crippen molar-refractivity contribution in [2.75, 3.05) is 10.2 Å². The highest BCUT2D eigenvalue weighted by molar-refractivity contribution is 6.04. The molecule has 126 valence electrons. The second-order valence-corrected chi connectivity index (χ2v) is 6.94. The molecule has 1 aliphatic heterocycles. The first-order chi connectivity index (χ1) is 11.6. The van der Waals surface area contributed by atoms with Crippen molar-refractivity contribution in [1.29, 1.82) is 0 Å². The van der Waals surface area contributed by atoms with Crippen molar-refractivity contribution in [3.63, 3.8) is 0 Å². The minimum Gasteiger partial charge on any atom is -0.361 e. The first-order valence-corrected chi connectivity index (χ1v) is 8.72. The van der Waals surface area contributed by atoms with Gasteiger partial charge in [0, 0.05) is 11.6 Å². The first kappa shape index (κ1) is 15.2. The Morgan fingerprint density at radius 2 is 2.00 bits per heavy atom. The summed E-state index contributed by atoms with van der Waals surface area (Å²) in [4.78, 5) is 14.7. The second kappa shape index (κ2) is 5.65. The maximum absolute atomic E-state index is 12.4. The normalized spacial score (nSPS) is 21.0. The van der Waals surface area contributed by atoms with Gasteiger partial charge in [-0.15, -0.1) is 0 Å². The number of hydrogen-bond acceptors (Lipinski definition) is 4. The van der Waals surface area contributed by atoms with Gasteiger partial charge in [-0.3, -0.25) is 4.79 Å². The zero-order valence-corrected chi connectivity index (χ0v) is 14.4. The SMILES string of the molecule is Cc1noc(C)c1-c1ccc2c(c1)N(C1CCCC1)[C@H](C)C(=O)N2. The molecule has 2 heterocycles. The number of hydrogen-bond donors (Lipinski definition) is 1. The summed E-state index contributed by atoms with van der Waals surface area (Å²) in [7, 11) is 0. The third-order valence-corrected chi connectivity index (χ3v) is 5.37. The Hall–Kier alpha value is -2.30. The lowest BCUT2D eigenvalue weighted by Crippen LogP contribution is -2.50. The molecule has 0 radical (unpaired) electrons. The molecule has 0 saturated heterocycles. The van der Waals surface area contributed by atoms with E-state index in [1.54, 1.807) is 0 Å². The van der Waals surface area contributed by atoms with Gasteiger partial charge in [0.25, 0.3) is 0 Å². The summed E-state index contributed by atoms with van der Waals surface area (Å²) in [5.41, 5.74) is 5.06. The van der Waals surface area contributed by atoms with Gasteiger partial charge in [-0.25, -0.2) is 0 Å². The van der Waals surface area contributed by atoms with Crippen LogP contribution in [0.5, 0.6) is 0 Å². The number of nitrogens with one attached hydrogen (secondary N) is 1. The minimum absolute atomic E-state index is 0.0829. The van der Waals surface area contributed by atoms with E-state index < -0.39 is 0 Å². The Balaban J connectivity index is 1.83. The molecule has 5 nitrogen and oxygen atoms in total. The summed E-state index contributed by atoms with van der Waals surface area (Å²) in [6, 6.07) is 6.53. The number of aryl methyl sites for hydroxylation is 2. The third kappa shape index (κ3) is 2.30. The maximum atomic E-state index is 12.4. The van der Waals surface area contributed by atoms with E-state index in [-0.39, 0.29) is 11.9 Å². The van der Waals surface area contributed by atoms with Gasteiger partial charge < -0.3 is 14.7 Å². The number of anilines is 2. The lowest BCUT2D eigenvalue weighted by atomic mass is 9.98. The minimum atomic E-state index is -0.138. The van der Waals surface area contributed by atoms with Crippen molar-refractivity contribution in [1.82, 2.24) is 5.16 Å². The van der Waals surface area contributed by atoms with Crippen LogP contribution in [0.15, 0.2) is 22.7 Å². The number of nitrogens with zero attached hydrogens (tertiary/aromatic N) is 2. The largest absolute Gasteiger partial charge is 0.361 e. The van der Waals surface area contributed by atoms with E-state index in [2.05, 4.69) is 21.4 Å². The molecule has 1 fully saturated rings. The molecule has 0 bridgehead atoms. The fraction of sp³-hybridized carbons (Fsp3) is 0.474. The molecule has 1 aromatic carbocycles. The van der Waals surface area contributed by atoms with Crippen LogP contribution in [0, 0.1) is 13.8 Å². The number of benzene rings is 1. The molecule has 2 aliphatic rings. The Kier molecular flexibility index (Phi) is 3.59. The van der Waals surface area contributed by atoms with Crippen LogP contribution in [0.4, 0.5) is 11.4 Å². The number of fused-ring (bicyclic) bond motifs is 1. The van der Waals surface area contributed by atoms with Gasteiger partial charge in [0.2, 0.25) is 5.91 Å². The van der Waals surface area contributed by atoms with E-state index in [0.29, 0.717) is 6.04 Å². The van der Waals surface area contributed by atoms with Gasteiger partial charge in [0.05, 0.1) is 17.1 Å². The van der Waals surface area contributed by atoms with Crippen molar-refractivity contribution in [2.24, 2.45) is 0 Å². The molecule has 0 unspecified atom stereocenters. The van der Waals surface area contributed by atoms with Crippen molar-refractivity contribution in [2.45, 2.75) is 58.5 Å². The summed E-state index contributed by atoms with van der Waals surface area (Å²) in [6.45, 7) is 5.90. The summed E-state index contributed by atoms with van der Waals surface area (Å²) in [5, 5.41) is 7.11. The van der Waals surface area contributed by atoms with Crippen molar-refractivity contribution in [3.8, 4) is 11.1 Å². The molecule has 4 rings (SSSR count). The monoisotopic (exact) mass is 325 g/mol. The number of carbonyl (C=O) groups is 1. The third-order valence-electron chi connectivity index (χ3n) is 5.37. The predicted molar refractivity (Wildman–Crippen MR) is 94.2 cm³/mol. The Labute approximate surface area is 142 Å². The number of aromatic nitrogens is 1. The van der Waals surface area contributed by atoms with Crippen LogP contribution in [0.1, 0.15) is 44.1 Å². The smallest absolute Gasteiger partial charge is 0.246 e. The van der Waals surface area contributed by atoms with Gasteiger partial charge in [-0.05, 0) is 51.3 Å². The highest BCUT2D eigenvalue weighted by Gasteiger charge is 2.35. The van der Waals surface area contributed by atoms with E-state index in [0.717, 1.165) is 46.8 Å². The number of rotatable bonds is 2. The molecule has 1 saturated carbocycles. The van der Waals surface area contributed by atoms with Gasteiger partial charge in [-0.2, -0.15) is 0 Å². The highest BCUT2D eigenvalue weighted by Crippen LogP contribution is 2.41. The van der Waals surface area contributed by atoms with Crippen molar-refractivity contribution in [3.05, 3.63) is 29.7 Å². The quantitative estimate of drug-likeness (QED) is 0.905. The molecular formula is C19H23N3O2. The zero-order chi connectivity index (χ0) is 16.8. The molecule has 5 heteroatoms. The second-order valence-electron chi connectivity index (χ2n) is 6.94. The molecule has 1 amide bonds. The molecule has 1 N–H and O–H groups in total. The van der Waals surface area contributed by atoms with Gasteiger partial charge in [0.1, 0.15) is 11.8 Å². The van der Waals surface area contributed by atoms with E-state index in [9.17, 15) is 4.79 Å². The fourth-order valence-electron chi connectivity index (χ4n) is 4.17. The van der Waals surface area contributed by atoms with Crippen LogP contribution in [-0.4, -0.2) is 23.1 Å². The van der Waals surface area contributed by atoms with Gasteiger partial charge >= 0.3 is 0 Å². The van der Waals surface area contributed by atoms with Crippen LogP contribution in [0.25, 0.3) is 11.1 Å². The van der Waals surface area contributed by atoms with Crippen LogP contribution < -0.4 is 10.2 Å². The Morgan fingerprint density at radius 1 is 1.25 bits per heavy atom. The molecular weight excluding hydrogens is 302 g/mol. The fourth-order valence-corrected chi connectivity index (χ4v) is 4.17. The van der Waals surface area contributed by atoms with E-state index in [1.807, 2.05) is 32.9 Å². The van der Waals surface area contributed by atoms with E-state index in [4.69, 9.17) is 4.52 Å². The van der Waals surface area contributed by atoms with Crippen molar-refractivity contribution >= 4 is 17.3 Å². The van der Waals surface area contributed by atoms with Crippen LogP contribution in [0.2, 0.25) is 0 Å². The average Bonchev–Trinajstić information content (AvgIpc) is 3.19. The standard InChI is InChI=1S/C19H23N3O2/c1-11-18(13(3)24-21-11)14-8-9-16-17(10-14)22(12(2)19(23)20-16)15-6-4-5-7-15/h8-10,12,15H,4-7H2,1-3H3,(H,20,23)/t12-/m1/s1. The molecule has 0 spiro atoms. The summed E-state index contributed by atoms with van der Waals surface area (Å²) < 4.78 is 5.33. The average molecular weight is 325 g/mol. The topological polar surface area (TPSA) is 58.4 Å². The lowest BCUT2D eigenvalue weighted by Gasteiger charge is -2.40. The summed E-state index contributed by atoms with van der Waals surface area (Å²) >= 11 is 0. The van der Waals surface area contributed by atoms with Crippen LogP contribution in [0.3, 0.4) is 0 Å². The van der Waals surface area contributed by atoms with E-state index in [1.165, 1.54) is 12.8 Å². The molecule has 1 aliphatic carbocycles. The van der Waals surface area contributed by atoms with Crippen LogP contribution >= 0.6 is 0 Å². The Bertz CT molecular complexity index is 770. The maximum Gasteiger partial charge on any atom is 0.246 e. The van der Waals surface area contributed by atoms with Gasteiger partial charge in [-0.1, -0.05) is 24.1 Å². The molecule has 1 aromatic heterocycles. The zero-order valence-electron chi connectivity index (χ0n) is 14.4. The number of amides is 1. The summed E-state index contributed by atoms with van der Waals surface area (Å²) in [5.74, 6) is 0.909. The number of carbonyl (C=O) groups excluding carboxylic acids is 1. The molecule has 24 heavy (non-hydrogen) atoms. The predicted octanol–water partition coefficient (Wildman–Crippen LogP) is 4.05. The summed E-state index contributed by atoms with van der Waals surface area (Å²) in [6.07, 6.45) is 4.81. The molecule has 1 atom stereocenters. The Morgan fingerprint density at radius 3 is 2.67 bits per heavy atom. The van der Waals surface area contributed by atoms with Crippen LogP contribution in [-0.2, 0) is 4.79 Å².